The summed E-state index contributed by atoms with van der Waals surface area (Å²) in [5.74, 6) is 0.879. The average molecular weight is 242 g/mol. The van der Waals surface area contributed by atoms with Crippen LogP contribution in [0.15, 0.2) is 0 Å². The summed E-state index contributed by atoms with van der Waals surface area (Å²) in [6.45, 7) is 5.68. The first-order valence-electron chi connectivity index (χ1n) is 6.99. The molecule has 0 amide bonds. The van der Waals surface area contributed by atoms with Crippen molar-refractivity contribution < 1.29 is 5.11 Å². The lowest BCUT2D eigenvalue weighted by Gasteiger charge is -2.29. The minimum Gasteiger partial charge on any atom is -0.388 e. The lowest BCUT2D eigenvalue weighted by molar-refractivity contribution is 0.0308. The van der Waals surface area contributed by atoms with Crippen molar-refractivity contribution >= 4 is 0 Å². The molecule has 3 nitrogen and oxygen atoms in total. The van der Waals surface area contributed by atoms with E-state index in [-0.39, 0.29) is 0 Å². The summed E-state index contributed by atoms with van der Waals surface area (Å²) >= 11 is 0. The molecular formula is C14H30N2O. The number of rotatable bonds is 5. The second kappa shape index (κ2) is 6.72. The van der Waals surface area contributed by atoms with Crippen LogP contribution in [0, 0.1) is 5.92 Å². The predicted octanol–water partition coefficient (Wildman–Crippen LogP) is 1.86. The van der Waals surface area contributed by atoms with E-state index in [4.69, 9.17) is 0 Å². The molecule has 0 bridgehead atoms. The predicted molar refractivity (Wildman–Crippen MR) is 73.2 cm³/mol. The van der Waals surface area contributed by atoms with Crippen molar-refractivity contribution in [2.24, 2.45) is 5.92 Å². The average Bonchev–Trinajstić information content (AvgIpc) is 2.38. The number of hydrogen-bond donors (Lipinski definition) is 2. The van der Waals surface area contributed by atoms with Crippen LogP contribution >= 0.6 is 0 Å². The Morgan fingerprint density at radius 3 is 2.59 bits per heavy atom. The second-order valence-corrected chi connectivity index (χ2v) is 6.43. The van der Waals surface area contributed by atoms with Gasteiger partial charge in [-0.1, -0.05) is 19.8 Å². The lowest BCUT2D eigenvalue weighted by Crippen LogP contribution is -2.48. The molecule has 0 aliphatic heterocycles. The summed E-state index contributed by atoms with van der Waals surface area (Å²) in [4.78, 5) is 2.04. The van der Waals surface area contributed by atoms with Crippen molar-refractivity contribution in [2.45, 2.75) is 57.6 Å². The van der Waals surface area contributed by atoms with Crippen LogP contribution in [-0.4, -0.2) is 48.8 Å². The maximum absolute atomic E-state index is 10.2. The van der Waals surface area contributed by atoms with Crippen LogP contribution in [0.2, 0.25) is 0 Å². The van der Waals surface area contributed by atoms with Crippen molar-refractivity contribution in [3.05, 3.63) is 0 Å². The molecule has 0 radical (unpaired) electrons. The standard InChI is InChI=1S/C14H30N2O/c1-12-6-5-7-13(9-8-12)15-10-14(2,17)11-16(3)4/h12-13,15,17H,5-11H2,1-4H3. The van der Waals surface area contributed by atoms with Gasteiger partial charge in [0.2, 0.25) is 0 Å². The van der Waals surface area contributed by atoms with Crippen LogP contribution < -0.4 is 5.32 Å². The SMILES string of the molecule is CC1CCCC(NCC(C)(O)CN(C)C)CC1. The molecular weight excluding hydrogens is 212 g/mol. The summed E-state index contributed by atoms with van der Waals surface area (Å²) in [5, 5.41) is 13.8. The van der Waals surface area contributed by atoms with Gasteiger partial charge in [-0.25, -0.2) is 0 Å². The first-order chi connectivity index (χ1) is 7.89. The van der Waals surface area contributed by atoms with Gasteiger partial charge in [-0.15, -0.1) is 0 Å². The maximum atomic E-state index is 10.2. The van der Waals surface area contributed by atoms with Gasteiger partial charge >= 0.3 is 0 Å². The molecule has 0 spiro atoms. The minimum atomic E-state index is -0.624. The number of likely N-dealkylation sites (N-methyl/N-ethyl adjacent to an activating group) is 1. The highest BCUT2D eigenvalue weighted by molar-refractivity contribution is 4.82. The smallest absolute Gasteiger partial charge is 0.0869 e. The molecule has 17 heavy (non-hydrogen) atoms. The first-order valence-corrected chi connectivity index (χ1v) is 6.99. The van der Waals surface area contributed by atoms with E-state index in [1.54, 1.807) is 0 Å². The van der Waals surface area contributed by atoms with Crippen molar-refractivity contribution in [3.8, 4) is 0 Å². The summed E-state index contributed by atoms with van der Waals surface area (Å²) < 4.78 is 0. The number of nitrogens with zero attached hydrogens (tertiary/aromatic N) is 1. The third-order valence-electron chi connectivity index (χ3n) is 3.69. The molecule has 0 heterocycles. The third kappa shape index (κ3) is 6.39. The molecule has 0 saturated heterocycles. The lowest BCUT2D eigenvalue weighted by atomic mass is 10.0. The van der Waals surface area contributed by atoms with Crippen molar-refractivity contribution in [2.75, 3.05) is 27.2 Å². The Kier molecular flexibility index (Phi) is 5.90. The Balaban J connectivity index is 2.29. The zero-order valence-electron chi connectivity index (χ0n) is 12.0. The molecule has 1 rings (SSSR count). The van der Waals surface area contributed by atoms with Gasteiger partial charge in [0.15, 0.2) is 0 Å². The number of aliphatic hydroxyl groups is 1. The highest BCUT2D eigenvalue weighted by Crippen LogP contribution is 2.22. The van der Waals surface area contributed by atoms with E-state index in [1.807, 2.05) is 25.9 Å². The van der Waals surface area contributed by atoms with Crippen molar-refractivity contribution in [3.63, 3.8) is 0 Å². The Morgan fingerprint density at radius 2 is 1.94 bits per heavy atom. The van der Waals surface area contributed by atoms with Crippen LogP contribution in [0.4, 0.5) is 0 Å². The normalized spacial score (nSPS) is 30.0. The first kappa shape index (κ1) is 14.9. The van der Waals surface area contributed by atoms with E-state index in [0.29, 0.717) is 19.1 Å². The Bertz CT molecular complexity index is 216. The van der Waals surface area contributed by atoms with E-state index in [9.17, 15) is 5.11 Å². The van der Waals surface area contributed by atoms with Crippen LogP contribution in [0.3, 0.4) is 0 Å². The van der Waals surface area contributed by atoms with Gasteiger partial charge in [-0.2, -0.15) is 0 Å². The molecule has 0 aromatic rings. The molecule has 1 aliphatic carbocycles. The van der Waals surface area contributed by atoms with E-state index in [2.05, 4.69) is 12.2 Å². The Labute approximate surface area is 107 Å². The third-order valence-corrected chi connectivity index (χ3v) is 3.69. The minimum absolute atomic E-state index is 0.605. The largest absolute Gasteiger partial charge is 0.388 e. The molecule has 0 aromatic heterocycles. The van der Waals surface area contributed by atoms with Gasteiger partial charge in [0, 0.05) is 19.1 Å². The number of nitrogens with one attached hydrogen (secondary N) is 1. The summed E-state index contributed by atoms with van der Waals surface area (Å²) in [5.41, 5.74) is -0.624. The zero-order valence-corrected chi connectivity index (χ0v) is 12.0. The molecule has 1 aliphatic rings. The van der Waals surface area contributed by atoms with E-state index in [1.165, 1.54) is 32.1 Å². The molecule has 1 saturated carbocycles. The van der Waals surface area contributed by atoms with Gasteiger partial charge < -0.3 is 15.3 Å². The second-order valence-electron chi connectivity index (χ2n) is 6.43. The molecule has 2 N–H and O–H groups in total. The molecule has 3 unspecified atom stereocenters. The maximum Gasteiger partial charge on any atom is 0.0869 e. The molecule has 3 heteroatoms. The van der Waals surface area contributed by atoms with Crippen LogP contribution in [0.5, 0.6) is 0 Å². The van der Waals surface area contributed by atoms with Crippen LogP contribution in [-0.2, 0) is 0 Å². The van der Waals surface area contributed by atoms with E-state index >= 15 is 0 Å². The Hall–Kier alpha value is -0.120. The fourth-order valence-electron chi connectivity index (χ4n) is 2.79. The van der Waals surface area contributed by atoms with Gasteiger partial charge in [0.25, 0.3) is 0 Å². The van der Waals surface area contributed by atoms with E-state index in [0.717, 1.165) is 5.92 Å². The number of hydrogen-bond acceptors (Lipinski definition) is 3. The molecule has 3 atom stereocenters. The molecule has 102 valence electrons. The van der Waals surface area contributed by atoms with Crippen molar-refractivity contribution in [1.29, 1.82) is 0 Å². The quantitative estimate of drug-likeness (QED) is 0.722. The van der Waals surface area contributed by atoms with E-state index < -0.39 is 5.60 Å². The van der Waals surface area contributed by atoms with Gasteiger partial charge in [0.05, 0.1) is 5.60 Å². The fourth-order valence-corrected chi connectivity index (χ4v) is 2.79. The summed E-state index contributed by atoms with van der Waals surface area (Å²) in [6, 6.07) is 0.605. The summed E-state index contributed by atoms with van der Waals surface area (Å²) in [7, 11) is 4.00. The van der Waals surface area contributed by atoms with Crippen molar-refractivity contribution in [1.82, 2.24) is 10.2 Å². The van der Waals surface area contributed by atoms with Gasteiger partial charge in [-0.05, 0) is 46.2 Å². The molecule has 1 fully saturated rings. The topological polar surface area (TPSA) is 35.5 Å². The summed E-state index contributed by atoms with van der Waals surface area (Å²) in [6.07, 6.45) is 6.55. The zero-order chi connectivity index (χ0) is 12.9. The Morgan fingerprint density at radius 1 is 1.24 bits per heavy atom. The van der Waals surface area contributed by atoms with Gasteiger partial charge in [0.1, 0.15) is 0 Å². The van der Waals surface area contributed by atoms with Gasteiger partial charge in [-0.3, -0.25) is 0 Å². The highest BCUT2D eigenvalue weighted by Gasteiger charge is 2.23. The van der Waals surface area contributed by atoms with Crippen LogP contribution in [0.25, 0.3) is 0 Å². The monoisotopic (exact) mass is 242 g/mol. The molecule has 0 aromatic carbocycles. The van der Waals surface area contributed by atoms with Crippen LogP contribution in [0.1, 0.15) is 46.0 Å². The fraction of sp³-hybridized carbons (Fsp3) is 1.00. The highest BCUT2D eigenvalue weighted by atomic mass is 16.3.